The molecular formula is C10H19NO4S2. The van der Waals surface area contributed by atoms with E-state index in [4.69, 9.17) is 5.11 Å². The molecule has 0 fully saturated rings. The lowest BCUT2D eigenvalue weighted by molar-refractivity contribution is -0.143. The van der Waals surface area contributed by atoms with Crippen molar-refractivity contribution in [2.45, 2.75) is 25.0 Å². The number of aliphatic hydroxyl groups is 1. The summed E-state index contributed by atoms with van der Waals surface area (Å²) in [5.41, 5.74) is 0. The number of aliphatic hydroxyl groups excluding tert-OH is 1. The van der Waals surface area contributed by atoms with Crippen LogP contribution in [0.15, 0.2) is 0 Å². The second kappa shape index (κ2) is 9.61. The van der Waals surface area contributed by atoms with E-state index >= 15 is 0 Å². The first-order valence-corrected chi connectivity index (χ1v) is 8.00. The zero-order valence-electron chi connectivity index (χ0n) is 10.0. The smallest absolute Gasteiger partial charge is 0.326 e. The highest BCUT2D eigenvalue weighted by atomic mass is 32.2. The number of hydrogen-bond donors (Lipinski definition) is 3. The van der Waals surface area contributed by atoms with Crippen LogP contribution in [0, 0.1) is 0 Å². The molecule has 2 atom stereocenters. The van der Waals surface area contributed by atoms with Gasteiger partial charge in [0.15, 0.2) is 0 Å². The molecule has 7 heteroatoms. The van der Waals surface area contributed by atoms with Gasteiger partial charge in [-0.25, -0.2) is 4.79 Å². The Morgan fingerprint density at radius 1 is 1.18 bits per heavy atom. The number of nitrogens with one attached hydrogen (secondary N) is 1. The predicted octanol–water partition coefficient (Wildman–Crippen LogP) is 0.423. The Morgan fingerprint density at radius 3 is 2.18 bits per heavy atom. The normalized spacial score (nSPS) is 14.1. The van der Waals surface area contributed by atoms with Crippen molar-refractivity contribution >= 4 is 35.4 Å². The van der Waals surface area contributed by atoms with E-state index in [0.717, 1.165) is 0 Å². The number of carboxylic acid groups (broad SMARTS) is 1. The van der Waals surface area contributed by atoms with Crippen molar-refractivity contribution in [3.8, 4) is 0 Å². The Hall–Kier alpha value is -0.400. The van der Waals surface area contributed by atoms with Crippen LogP contribution < -0.4 is 5.32 Å². The molecule has 0 heterocycles. The molecule has 100 valence electrons. The number of amides is 1. The summed E-state index contributed by atoms with van der Waals surface area (Å²) in [4.78, 5) is 22.4. The summed E-state index contributed by atoms with van der Waals surface area (Å²) in [6.07, 6.45) is 3.31. The Morgan fingerprint density at radius 2 is 1.71 bits per heavy atom. The Labute approximate surface area is 110 Å². The van der Waals surface area contributed by atoms with Crippen molar-refractivity contribution in [1.82, 2.24) is 5.32 Å². The number of aliphatic carboxylic acids is 1. The fourth-order valence-corrected chi connectivity index (χ4v) is 2.05. The van der Waals surface area contributed by atoms with Crippen LogP contribution in [0.4, 0.5) is 0 Å². The first-order chi connectivity index (χ1) is 8.02. The highest BCUT2D eigenvalue weighted by molar-refractivity contribution is 7.98. The molecule has 0 aliphatic heterocycles. The van der Waals surface area contributed by atoms with Crippen molar-refractivity contribution in [3.05, 3.63) is 0 Å². The number of rotatable bonds is 9. The van der Waals surface area contributed by atoms with Crippen LogP contribution in [0.2, 0.25) is 0 Å². The minimum absolute atomic E-state index is 0.335. The molecule has 0 radical (unpaired) electrons. The van der Waals surface area contributed by atoms with Gasteiger partial charge >= 0.3 is 5.97 Å². The minimum Gasteiger partial charge on any atom is -0.480 e. The number of carbonyl (C=O) groups is 2. The van der Waals surface area contributed by atoms with Crippen LogP contribution in [0.5, 0.6) is 0 Å². The number of hydrogen-bond acceptors (Lipinski definition) is 5. The maximum atomic E-state index is 11.5. The van der Waals surface area contributed by atoms with Crippen LogP contribution in [0.1, 0.15) is 12.8 Å². The molecule has 3 N–H and O–H groups in total. The average molecular weight is 281 g/mol. The predicted molar refractivity (Wildman–Crippen MR) is 71.6 cm³/mol. The van der Waals surface area contributed by atoms with Crippen molar-refractivity contribution < 1.29 is 19.8 Å². The van der Waals surface area contributed by atoms with Crippen LogP contribution in [-0.4, -0.2) is 58.3 Å². The van der Waals surface area contributed by atoms with Gasteiger partial charge in [0.05, 0.1) is 0 Å². The fourth-order valence-electron chi connectivity index (χ4n) is 1.12. The molecule has 2 unspecified atom stereocenters. The maximum absolute atomic E-state index is 11.5. The first kappa shape index (κ1) is 16.6. The molecule has 0 saturated heterocycles. The molecule has 0 aliphatic rings. The molecular weight excluding hydrogens is 262 g/mol. The summed E-state index contributed by atoms with van der Waals surface area (Å²) >= 11 is 3.04. The lowest BCUT2D eigenvalue weighted by atomic mass is 10.2. The van der Waals surface area contributed by atoms with Gasteiger partial charge in [-0.15, -0.1) is 0 Å². The summed E-state index contributed by atoms with van der Waals surface area (Å²) in [5.74, 6) is -0.355. The van der Waals surface area contributed by atoms with Crippen LogP contribution in [0.3, 0.4) is 0 Å². The molecule has 0 aromatic rings. The molecule has 0 spiro atoms. The fraction of sp³-hybridized carbons (Fsp3) is 0.800. The van der Waals surface area contributed by atoms with E-state index in [1.54, 1.807) is 0 Å². The lowest BCUT2D eigenvalue weighted by Gasteiger charge is -2.16. The van der Waals surface area contributed by atoms with Crippen LogP contribution >= 0.6 is 23.5 Å². The summed E-state index contributed by atoms with van der Waals surface area (Å²) in [7, 11) is 0. The number of carbonyl (C=O) groups excluding carboxylic acids is 1. The van der Waals surface area contributed by atoms with E-state index < -0.39 is 24.0 Å². The maximum Gasteiger partial charge on any atom is 0.326 e. The van der Waals surface area contributed by atoms with Crippen molar-refractivity contribution in [2.75, 3.05) is 24.0 Å². The van der Waals surface area contributed by atoms with Crippen molar-refractivity contribution in [1.29, 1.82) is 0 Å². The summed E-state index contributed by atoms with van der Waals surface area (Å²) in [6.45, 7) is 0. The van der Waals surface area contributed by atoms with Gasteiger partial charge in [-0.05, 0) is 36.9 Å². The molecule has 0 aliphatic carbocycles. The second-order valence-electron chi connectivity index (χ2n) is 3.48. The minimum atomic E-state index is -1.13. The third-order valence-electron chi connectivity index (χ3n) is 2.12. The highest BCUT2D eigenvalue weighted by Gasteiger charge is 2.23. The highest BCUT2D eigenvalue weighted by Crippen LogP contribution is 2.04. The summed E-state index contributed by atoms with van der Waals surface area (Å²) in [6, 6.07) is -0.918. The third-order valence-corrected chi connectivity index (χ3v) is 3.41. The third kappa shape index (κ3) is 7.51. The molecule has 1 amide bonds. The second-order valence-corrected chi connectivity index (χ2v) is 5.45. The molecule has 0 aromatic carbocycles. The zero-order chi connectivity index (χ0) is 13.3. The quantitative estimate of drug-likeness (QED) is 0.568. The molecule has 0 saturated carbocycles. The summed E-state index contributed by atoms with van der Waals surface area (Å²) < 4.78 is 0. The first-order valence-electron chi connectivity index (χ1n) is 5.22. The van der Waals surface area contributed by atoms with Crippen LogP contribution in [0.25, 0.3) is 0 Å². The van der Waals surface area contributed by atoms with E-state index in [2.05, 4.69) is 5.32 Å². The standard InChI is InChI=1S/C10H19NO4S2/c1-16-5-3-7(10(14)15)11-9(13)8(12)4-6-17-2/h7-8,12H,3-6H2,1-2H3,(H,11,13)(H,14,15). The molecule has 17 heavy (non-hydrogen) atoms. The Bertz CT molecular complexity index is 250. The van der Waals surface area contributed by atoms with E-state index in [-0.39, 0.29) is 0 Å². The number of carboxylic acids is 1. The van der Waals surface area contributed by atoms with Gasteiger partial charge in [0.25, 0.3) is 0 Å². The van der Waals surface area contributed by atoms with Crippen molar-refractivity contribution in [3.63, 3.8) is 0 Å². The largest absolute Gasteiger partial charge is 0.480 e. The van der Waals surface area contributed by atoms with Gasteiger partial charge in [-0.2, -0.15) is 23.5 Å². The zero-order valence-corrected chi connectivity index (χ0v) is 11.6. The molecule has 0 aromatic heterocycles. The van der Waals surface area contributed by atoms with Crippen LogP contribution in [-0.2, 0) is 9.59 Å². The van der Waals surface area contributed by atoms with Gasteiger partial charge < -0.3 is 15.5 Å². The molecule has 0 rings (SSSR count). The topological polar surface area (TPSA) is 86.6 Å². The average Bonchev–Trinajstić information content (AvgIpc) is 2.30. The lowest BCUT2D eigenvalue weighted by Crippen LogP contribution is -2.45. The van der Waals surface area contributed by atoms with Gasteiger partial charge in [0.1, 0.15) is 12.1 Å². The Kier molecular flexibility index (Phi) is 9.39. The van der Waals surface area contributed by atoms with Gasteiger partial charge in [-0.3, -0.25) is 4.79 Å². The van der Waals surface area contributed by atoms with Gasteiger partial charge in [0, 0.05) is 0 Å². The van der Waals surface area contributed by atoms with E-state index in [1.807, 2.05) is 12.5 Å². The summed E-state index contributed by atoms with van der Waals surface area (Å²) in [5, 5.41) is 20.7. The van der Waals surface area contributed by atoms with E-state index in [1.165, 1.54) is 23.5 Å². The van der Waals surface area contributed by atoms with Gasteiger partial charge in [0.2, 0.25) is 5.91 Å². The monoisotopic (exact) mass is 281 g/mol. The SMILES string of the molecule is CSCCC(O)C(=O)NC(CCSC)C(=O)O. The Balaban J connectivity index is 4.15. The van der Waals surface area contributed by atoms with E-state index in [9.17, 15) is 14.7 Å². The molecule has 5 nitrogen and oxygen atoms in total. The molecule has 0 bridgehead atoms. The van der Waals surface area contributed by atoms with E-state index in [0.29, 0.717) is 24.3 Å². The number of thioether (sulfide) groups is 2. The van der Waals surface area contributed by atoms with Gasteiger partial charge in [-0.1, -0.05) is 0 Å². The van der Waals surface area contributed by atoms with Crippen molar-refractivity contribution in [2.24, 2.45) is 0 Å².